The Labute approximate surface area is 175 Å². The SMILES string of the molecule is O=C(CNC(=O)c1cccc(Cl)c1)NCC1CCN(Cc2ccc(Cl)cc2)C1. The van der Waals surface area contributed by atoms with E-state index in [1.807, 2.05) is 24.3 Å². The number of carbonyl (C=O) groups excluding carboxylic acids is 2. The van der Waals surface area contributed by atoms with Crippen LogP contribution in [-0.4, -0.2) is 42.9 Å². The number of halogens is 2. The maximum atomic E-state index is 12.0. The molecule has 0 spiro atoms. The highest BCUT2D eigenvalue weighted by atomic mass is 35.5. The van der Waals surface area contributed by atoms with Crippen molar-refractivity contribution in [3.63, 3.8) is 0 Å². The first kappa shape index (κ1) is 20.6. The van der Waals surface area contributed by atoms with E-state index in [1.165, 1.54) is 5.56 Å². The molecule has 1 heterocycles. The second-order valence-corrected chi connectivity index (χ2v) is 7.89. The second-order valence-electron chi connectivity index (χ2n) is 7.01. The second kappa shape index (κ2) is 9.92. The summed E-state index contributed by atoms with van der Waals surface area (Å²) in [7, 11) is 0. The third-order valence-electron chi connectivity index (χ3n) is 4.77. The maximum Gasteiger partial charge on any atom is 0.251 e. The Hall–Kier alpha value is -2.08. The van der Waals surface area contributed by atoms with Gasteiger partial charge in [0.25, 0.3) is 5.91 Å². The van der Waals surface area contributed by atoms with Gasteiger partial charge in [0.2, 0.25) is 5.91 Å². The van der Waals surface area contributed by atoms with E-state index in [9.17, 15) is 9.59 Å². The Balaban J connectivity index is 1.36. The molecule has 3 rings (SSSR count). The summed E-state index contributed by atoms with van der Waals surface area (Å²) < 4.78 is 0. The molecule has 2 aromatic carbocycles. The number of amides is 2. The van der Waals surface area contributed by atoms with Gasteiger partial charge in [0, 0.05) is 35.2 Å². The van der Waals surface area contributed by atoms with E-state index in [-0.39, 0.29) is 18.4 Å². The van der Waals surface area contributed by atoms with Crippen molar-refractivity contribution in [2.45, 2.75) is 13.0 Å². The summed E-state index contributed by atoms with van der Waals surface area (Å²) in [4.78, 5) is 26.4. The van der Waals surface area contributed by atoms with Gasteiger partial charge in [-0.05, 0) is 54.8 Å². The molecule has 1 aliphatic heterocycles. The zero-order chi connectivity index (χ0) is 19.9. The monoisotopic (exact) mass is 419 g/mol. The number of rotatable bonds is 7. The Morgan fingerprint density at radius 3 is 2.57 bits per heavy atom. The minimum atomic E-state index is -0.312. The molecule has 0 bridgehead atoms. The summed E-state index contributed by atoms with van der Waals surface area (Å²) in [5.41, 5.74) is 1.67. The van der Waals surface area contributed by atoms with Crippen molar-refractivity contribution in [3.05, 3.63) is 69.7 Å². The molecule has 7 heteroatoms. The first-order valence-electron chi connectivity index (χ1n) is 9.27. The predicted octanol–water partition coefficient (Wildman–Crippen LogP) is 3.36. The van der Waals surface area contributed by atoms with Crippen molar-refractivity contribution in [1.29, 1.82) is 0 Å². The van der Waals surface area contributed by atoms with E-state index in [2.05, 4.69) is 15.5 Å². The van der Waals surface area contributed by atoms with Gasteiger partial charge in [0.15, 0.2) is 0 Å². The van der Waals surface area contributed by atoms with Gasteiger partial charge in [-0.3, -0.25) is 14.5 Å². The highest BCUT2D eigenvalue weighted by Gasteiger charge is 2.22. The van der Waals surface area contributed by atoms with Crippen LogP contribution >= 0.6 is 23.2 Å². The number of hydrogen-bond donors (Lipinski definition) is 2. The zero-order valence-electron chi connectivity index (χ0n) is 15.5. The number of carbonyl (C=O) groups is 2. The number of likely N-dealkylation sites (tertiary alicyclic amines) is 1. The van der Waals surface area contributed by atoms with Gasteiger partial charge in [-0.25, -0.2) is 0 Å². The average molecular weight is 420 g/mol. The minimum absolute atomic E-state index is 0.0491. The summed E-state index contributed by atoms with van der Waals surface area (Å²) in [6.45, 7) is 3.40. The van der Waals surface area contributed by atoms with Crippen molar-refractivity contribution in [3.8, 4) is 0 Å². The van der Waals surface area contributed by atoms with Crippen molar-refractivity contribution >= 4 is 35.0 Å². The Morgan fingerprint density at radius 1 is 1.04 bits per heavy atom. The third kappa shape index (κ3) is 6.23. The number of benzene rings is 2. The van der Waals surface area contributed by atoms with Crippen LogP contribution in [-0.2, 0) is 11.3 Å². The van der Waals surface area contributed by atoms with Crippen molar-refractivity contribution in [2.75, 3.05) is 26.2 Å². The molecular weight excluding hydrogens is 397 g/mol. The van der Waals surface area contributed by atoms with E-state index >= 15 is 0 Å². The summed E-state index contributed by atoms with van der Waals surface area (Å²) in [5.74, 6) is -0.0842. The number of nitrogens with zero attached hydrogens (tertiary/aromatic N) is 1. The zero-order valence-corrected chi connectivity index (χ0v) is 17.0. The smallest absolute Gasteiger partial charge is 0.251 e. The maximum absolute atomic E-state index is 12.0. The third-order valence-corrected chi connectivity index (χ3v) is 5.26. The standard InChI is InChI=1S/C21H23Cl2N3O2/c22-18-6-4-15(5-7-18)13-26-9-8-16(14-26)11-24-20(27)12-25-21(28)17-2-1-3-19(23)10-17/h1-7,10,16H,8-9,11-14H2,(H,24,27)(H,25,28). The molecule has 0 aliphatic carbocycles. The molecule has 1 saturated heterocycles. The van der Waals surface area contributed by atoms with Crippen LogP contribution < -0.4 is 10.6 Å². The largest absolute Gasteiger partial charge is 0.354 e. The van der Waals surface area contributed by atoms with Crippen LogP contribution in [0.15, 0.2) is 48.5 Å². The Bertz CT molecular complexity index is 827. The van der Waals surface area contributed by atoms with Crippen LogP contribution in [0.5, 0.6) is 0 Å². The molecule has 0 radical (unpaired) electrons. The first-order chi connectivity index (χ1) is 13.5. The molecule has 2 amide bonds. The van der Waals surface area contributed by atoms with E-state index in [4.69, 9.17) is 23.2 Å². The molecule has 1 aliphatic rings. The molecular formula is C21H23Cl2N3O2. The number of nitrogens with one attached hydrogen (secondary N) is 2. The molecule has 0 aromatic heterocycles. The van der Waals surface area contributed by atoms with Crippen LogP contribution in [0.2, 0.25) is 10.0 Å². The Morgan fingerprint density at radius 2 is 1.82 bits per heavy atom. The first-order valence-corrected chi connectivity index (χ1v) is 10.0. The van der Waals surface area contributed by atoms with E-state index in [0.717, 1.165) is 31.1 Å². The van der Waals surface area contributed by atoms with Crippen molar-refractivity contribution in [1.82, 2.24) is 15.5 Å². The predicted molar refractivity (Wildman–Crippen MR) is 112 cm³/mol. The van der Waals surface area contributed by atoms with Crippen molar-refractivity contribution in [2.24, 2.45) is 5.92 Å². The lowest BCUT2D eigenvalue weighted by molar-refractivity contribution is -0.120. The average Bonchev–Trinajstić information content (AvgIpc) is 3.13. The van der Waals surface area contributed by atoms with Crippen LogP contribution in [0.25, 0.3) is 0 Å². The fourth-order valence-electron chi connectivity index (χ4n) is 3.28. The number of hydrogen-bond acceptors (Lipinski definition) is 3. The molecule has 1 unspecified atom stereocenters. The fraction of sp³-hybridized carbons (Fsp3) is 0.333. The molecule has 1 fully saturated rings. The Kier molecular flexibility index (Phi) is 7.31. The molecule has 28 heavy (non-hydrogen) atoms. The van der Waals surface area contributed by atoms with E-state index < -0.39 is 0 Å². The lowest BCUT2D eigenvalue weighted by Gasteiger charge is -2.16. The van der Waals surface area contributed by atoms with Crippen LogP contribution in [0.4, 0.5) is 0 Å². The molecule has 5 nitrogen and oxygen atoms in total. The highest BCUT2D eigenvalue weighted by molar-refractivity contribution is 6.31. The highest BCUT2D eigenvalue weighted by Crippen LogP contribution is 2.19. The molecule has 0 saturated carbocycles. The summed E-state index contributed by atoms with van der Waals surface area (Å²) in [6, 6.07) is 14.5. The van der Waals surface area contributed by atoms with Crippen molar-refractivity contribution < 1.29 is 9.59 Å². The van der Waals surface area contributed by atoms with Gasteiger partial charge < -0.3 is 10.6 Å². The van der Waals surface area contributed by atoms with Gasteiger partial charge in [-0.1, -0.05) is 41.4 Å². The van der Waals surface area contributed by atoms with E-state index in [1.54, 1.807) is 24.3 Å². The molecule has 2 aromatic rings. The summed E-state index contributed by atoms with van der Waals surface area (Å²) >= 11 is 11.8. The lowest BCUT2D eigenvalue weighted by atomic mass is 10.1. The van der Waals surface area contributed by atoms with Crippen LogP contribution in [0, 0.1) is 5.92 Å². The van der Waals surface area contributed by atoms with Gasteiger partial charge in [0.05, 0.1) is 6.54 Å². The fourth-order valence-corrected chi connectivity index (χ4v) is 3.60. The van der Waals surface area contributed by atoms with Gasteiger partial charge >= 0.3 is 0 Å². The molecule has 148 valence electrons. The van der Waals surface area contributed by atoms with Gasteiger partial charge in [0.1, 0.15) is 0 Å². The molecule has 1 atom stereocenters. The minimum Gasteiger partial charge on any atom is -0.354 e. The topological polar surface area (TPSA) is 61.4 Å². The van der Waals surface area contributed by atoms with E-state index in [0.29, 0.717) is 23.0 Å². The van der Waals surface area contributed by atoms with Gasteiger partial charge in [-0.15, -0.1) is 0 Å². The van der Waals surface area contributed by atoms with Gasteiger partial charge in [-0.2, -0.15) is 0 Å². The van der Waals surface area contributed by atoms with Crippen LogP contribution in [0.1, 0.15) is 22.3 Å². The summed E-state index contributed by atoms with van der Waals surface area (Å²) in [6.07, 6.45) is 1.04. The van der Waals surface area contributed by atoms with Crippen LogP contribution in [0.3, 0.4) is 0 Å². The quantitative estimate of drug-likeness (QED) is 0.722. The molecule has 2 N–H and O–H groups in total. The normalized spacial score (nSPS) is 16.7. The lowest BCUT2D eigenvalue weighted by Crippen LogP contribution is -2.39. The summed E-state index contributed by atoms with van der Waals surface area (Å²) in [5, 5.41) is 6.76.